The van der Waals surface area contributed by atoms with E-state index in [0.717, 1.165) is 16.5 Å². The number of phenolic OH excluding ortho intramolecular Hbond substituents is 1. The van der Waals surface area contributed by atoms with Crippen molar-refractivity contribution in [2.24, 2.45) is 5.92 Å². The third-order valence-corrected chi connectivity index (χ3v) is 5.35. The highest BCUT2D eigenvalue weighted by atomic mass is 16.3. The average Bonchev–Trinajstić information content (AvgIpc) is 3.19. The van der Waals surface area contributed by atoms with Crippen LogP contribution in [0.1, 0.15) is 24.1 Å². The summed E-state index contributed by atoms with van der Waals surface area (Å²) in [6.07, 6.45) is 2.45. The highest BCUT2D eigenvalue weighted by Gasteiger charge is 2.50. The minimum absolute atomic E-state index is 0.0307. The van der Waals surface area contributed by atoms with Gasteiger partial charge in [-0.3, -0.25) is 14.4 Å². The molecule has 2 aromatic carbocycles. The molecule has 2 unspecified atom stereocenters. The zero-order valence-electron chi connectivity index (χ0n) is 15.4. The van der Waals surface area contributed by atoms with Crippen molar-refractivity contribution < 1.29 is 19.5 Å². The van der Waals surface area contributed by atoms with Crippen LogP contribution in [0.5, 0.6) is 5.75 Å². The summed E-state index contributed by atoms with van der Waals surface area (Å²) < 4.78 is 0. The molecule has 4 rings (SSSR count). The van der Waals surface area contributed by atoms with E-state index in [1.165, 1.54) is 24.0 Å². The molecule has 0 bridgehead atoms. The Labute approximate surface area is 161 Å². The molecule has 0 saturated carbocycles. The number of hydrogen-bond acceptors (Lipinski definition) is 4. The number of carbonyl (C=O) groups is 3. The second-order valence-electron chi connectivity index (χ2n) is 7.10. The van der Waals surface area contributed by atoms with E-state index in [1.807, 2.05) is 30.5 Å². The van der Waals surface area contributed by atoms with Crippen molar-refractivity contribution in [3.63, 3.8) is 0 Å². The van der Waals surface area contributed by atoms with Crippen LogP contribution in [0.3, 0.4) is 0 Å². The SMILES string of the molecule is CC(=O)C1C(=O)C(=O)N(CCc2c[nH]c3ccccc23)C1c1cccc(O)c1. The van der Waals surface area contributed by atoms with E-state index in [1.54, 1.807) is 12.1 Å². The number of H-pyrrole nitrogens is 1. The van der Waals surface area contributed by atoms with Crippen LogP contribution in [-0.2, 0) is 20.8 Å². The van der Waals surface area contributed by atoms with E-state index >= 15 is 0 Å². The van der Waals surface area contributed by atoms with Gasteiger partial charge >= 0.3 is 0 Å². The summed E-state index contributed by atoms with van der Waals surface area (Å²) in [5.41, 5.74) is 2.63. The number of aromatic nitrogens is 1. The Bertz CT molecular complexity index is 1080. The second-order valence-corrected chi connectivity index (χ2v) is 7.10. The van der Waals surface area contributed by atoms with Crippen molar-refractivity contribution in [2.75, 3.05) is 6.54 Å². The summed E-state index contributed by atoms with van der Waals surface area (Å²) in [6, 6.07) is 13.6. The maximum absolute atomic E-state index is 12.7. The van der Waals surface area contributed by atoms with Crippen molar-refractivity contribution in [3.05, 3.63) is 65.9 Å². The number of nitrogens with zero attached hydrogens (tertiary/aromatic N) is 1. The van der Waals surface area contributed by atoms with E-state index in [9.17, 15) is 19.5 Å². The first-order chi connectivity index (χ1) is 13.5. The summed E-state index contributed by atoms with van der Waals surface area (Å²) in [5.74, 6) is -2.69. The number of fused-ring (bicyclic) bond motifs is 1. The minimum Gasteiger partial charge on any atom is -0.508 e. The molecule has 1 aromatic heterocycles. The fourth-order valence-corrected chi connectivity index (χ4v) is 4.03. The van der Waals surface area contributed by atoms with Crippen LogP contribution in [0.25, 0.3) is 10.9 Å². The van der Waals surface area contributed by atoms with E-state index in [-0.39, 0.29) is 11.5 Å². The van der Waals surface area contributed by atoms with Crippen LogP contribution in [-0.4, -0.2) is 39.0 Å². The molecule has 0 radical (unpaired) electrons. The van der Waals surface area contributed by atoms with Gasteiger partial charge < -0.3 is 15.0 Å². The normalized spacial score (nSPS) is 19.5. The number of phenols is 1. The van der Waals surface area contributed by atoms with Crippen LogP contribution in [0.15, 0.2) is 54.7 Å². The number of amides is 1. The van der Waals surface area contributed by atoms with Crippen LogP contribution >= 0.6 is 0 Å². The number of nitrogens with one attached hydrogen (secondary N) is 1. The van der Waals surface area contributed by atoms with Gasteiger partial charge in [-0.2, -0.15) is 0 Å². The molecule has 28 heavy (non-hydrogen) atoms. The Morgan fingerprint density at radius 3 is 2.68 bits per heavy atom. The zero-order valence-corrected chi connectivity index (χ0v) is 15.4. The van der Waals surface area contributed by atoms with Crippen LogP contribution < -0.4 is 0 Å². The van der Waals surface area contributed by atoms with Crippen molar-refractivity contribution in [1.29, 1.82) is 0 Å². The van der Waals surface area contributed by atoms with E-state index in [4.69, 9.17) is 0 Å². The molecule has 6 nitrogen and oxygen atoms in total. The number of para-hydroxylation sites is 1. The number of Topliss-reactive ketones (excluding diaryl/α,β-unsaturated/α-hetero) is 2. The van der Waals surface area contributed by atoms with Gasteiger partial charge in [0.25, 0.3) is 5.91 Å². The fourth-order valence-electron chi connectivity index (χ4n) is 4.03. The number of aromatic hydroxyl groups is 1. The number of ketones is 2. The van der Waals surface area contributed by atoms with Crippen molar-refractivity contribution in [1.82, 2.24) is 9.88 Å². The molecule has 1 amide bonds. The third-order valence-electron chi connectivity index (χ3n) is 5.35. The molecule has 2 atom stereocenters. The van der Waals surface area contributed by atoms with Gasteiger partial charge in [0.1, 0.15) is 17.5 Å². The molecular weight excluding hydrogens is 356 g/mol. The molecule has 2 N–H and O–H groups in total. The summed E-state index contributed by atoms with van der Waals surface area (Å²) in [5, 5.41) is 10.9. The molecule has 0 spiro atoms. The minimum atomic E-state index is -1.04. The van der Waals surface area contributed by atoms with Gasteiger partial charge in [-0.1, -0.05) is 30.3 Å². The Morgan fingerprint density at radius 2 is 1.93 bits per heavy atom. The second kappa shape index (κ2) is 6.96. The lowest BCUT2D eigenvalue weighted by Gasteiger charge is -2.27. The van der Waals surface area contributed by atoms with Crippen molar-refractivity contribution in [3.8, 4) is 5.75 Å². The first-order valence-corrected chi connectivity index (χ1v) is 9.16. The van der Waals surface area contributed by atoms with E-state index in [0.29, 0.717) is 18.5 Å². The van der Waals surface area contributed by atoms with Gasteiger partial charge in [0.15, 0.2) is 0 Å². The van der Waals surface area contributed by atoms with Crippen LogP contribution in [0.2, 0.25) is 0 Å². The standard InChI is InChI=1S/C22H20N2O4/c1-13(25)19-20(14-5-4-6-16(26)11-14)24(22(28)21(19)27)10-9-15-12-23-18-8-3-2-7-17(15)18/h2-8,11-12,19-20,23,26H,9-10H2,1H3. The van der Waals surface area contributed by atoms with Gasteiger partial charge in [-0.15, -0.1) is 0 Å². The topological polar surface area (TPSA) is 90.5 Å². The number of hydrogen-bond donors (Lipinski definition) is 2. The highest BCUT2D eigenvalue weighted by molar-refractivity contribution is 6.42. The van der Waals surface area contributed by atoms with Gasteiger partial charge in [-0.25, -0.2) is 0 Å². The molecule has 0 aliphatic carbocycles. The Morgan fingerprint density at radius 1 is 1.14 bits per heavy atom. The van der Waals surface area contributed by atoms with Crippen molar-refractivity contribution in [2.45, 2.75) is 19.4 Å². The molecule has 3 aromatic rings. The third kappa shape index (κ3) is 2.97. The predicted molar refractivity (Wildman–Crippen MR) is 104 cm³/mol. The lowest BCUT2D eigenvalue weighted by atomic mass is 9.90. The predicted octanol–water partition coefficient (Wildman–Crippen LogP) is 2.77. The van der Waals surface area contributed by atoms with Gasteiger partial charge in [0.05, 0.1) is 6.04 Å². The lowest BCUT2D eigenvalue weighted by molar-refractivity contribution is -0.142. The number of likely N-dealkylation sites (tertiary alicyclic amines) is 1. The largest absolute Gasteiger partial charge is 0.508 e. The zero-order chi connectivity index (χ0) is 19.8. The number of aromatic amines is 1. The summed E-state index contributed by atoms with van der Waals surface area (Å²) in [6.45, 7) is 1.63. The maximum Gasteiger partial charge on any atom is 0.291 e. The first kappa shape index (κ1) is 18.0. The Kier molecular flexibility index (Phi) is 4.47. The fraction of sp³-hybridized carbons (Fsp3) is 0.227. The molecule has 2 heterocycles. The summed E-state index contributed by atoms with van der Waals surface area (Å²) in [4.78, 5) is 42.0. The molecule has 142 valence electrons. The monoisotopic (exact) mass is 376 g/mol. The smallest absolute Gasteiger partial charge is 0.291 e. The van der Waals surface area contributed by atoms with E-state index in [2.05, 4.69) is 4.98 Å². The van der Waals surface area contributed by atoms with Crippen LogP contribution in [0.4, 0.5) is 0 Å². The molecule has 1 fully saturated rings. The highest BCUT2D eigenvalue weighted by Crippen LogP contribution is 2.38. The Hall–Kier alpha value is -3.41. The van der Waals surface area contributed by atoms with E-state index < -0.39 is 23.7 Å². The van der Waals surface area contributed by atoms with Crippen molar-refractivity contribution >= 4 is 28.4 Å². The molecule has 6 heteroatoms. The Balaban J connectivity index is 1.67. The van der Waals surface area contributed by atoms with Gasteiger partial charge in [0.2, 0.25) is 5.78 Å². The molecular formula is C22H20N2O4. The lowest BCUT2D eigenvalue weighted by Crippen LogP contribution is -2.32. The first-order valence-electron chi connectivity index (χ1n) is 9.16. The average molecular weight is 376 g/mol. The van der Waals surface area contributed by atoms with Crippen LogP contribution in [0, 0.1) is 5.92 Å². The molecule has 1 aliphatic rings. The van der Waals surface area contributed by atoms with Gasteiger partial charge in [0, 0.05) is 23.6 Å². The number of carbonyl (C=O) groups excluding carboxylic acids is 3. The number of benzene rings is 2. The molecule has 1 saturated heterocycles. The maximum atomic E-state index is 12.7. The summed E-state index contributed by atoms with van der Waals surface area (Å²) in [7, 11) is 0. The molecule has 1 aliphatic heterocycles. The van der Waals surface area contributed by atoms with Gasteiger partial charge in [-0.05, 0) is 42.7 Å². The quantitative estimate of drug-likeness (QED) is 0.529. The summed E-state index contributed by atoms with van der Waals surface area (Å²) >= 11 is 0. The number of rotatable bonds is 5.